The van der Waals surface area contributed by atoms with Gasteiger partial charge < -0.3 is 37.6 Å². The molecule has 4 aliphatic rings. The standard InChI is InChI=1S/C51H51BN2O6/c1-29(2)30-23-37-45-38(24-30)54(34-14-18-42-44(28-34)58-22-10-20-56-42)47-36-26-32(51(6,7)8)12-16-40(36)60-49(47)52(45)48-46(35-25-31(50(3,4)5)11-15-39(35)59-48)53(37)33-13-17-41-43(27-33)57-21-9-19-55-41/h11-18,23-29H,9-10,19-22H2,1-8H3. The molecule has 60 heavy (non-hydrogen) atoms. The lowest BCUT2D eigenvalue weighted by Gasteiger charge is -2.41. The molecule has 4 aliphatic heterocycles. The Kier molecular flexibility index (Phi) is 8.20. The molecule has 304 valence electrons. The predicted octanol–water partition coefficient (Wildman–Crippen LogP) is 11.3. The van der Waals surface area contributed by atoms with Gasteiger partial charge in [0.1, 0.15) is 22.5 Å². The molecule has 7 aromatic rings. The fraction of sp³-hybridized carbons (Fsp3) is 0.333. The van der Waals surface area contributed by atoms with Gasteiger partial charge in [0.2, 0.25) is 0 Å². The lowest BCUT2D eigenvalue weighted by molar-refractivity contribution is 0.296. The molecule has 0 amide bonds. The fourth-order valence-corrected chi connectivity index (χ4v) is 9.38. The van der Waals surface area contributed by atoms with E-state index in [2.05, 4.69) is 150 Å². The first-order valence-corrected chi connectivity index (χ1v) is 21.5. The van der Waals surface area contributed by atoms with Gasteiger partial charge in [-0.2, -0.15) is 0 Å². The minimum Gasteiger partial charge on any atom is -0.490 e. The summed E-state index contributed by atoms with van der Waals surface area (Å²) in [4.78, 5) is 4.81. The second kappa shape index (κ2) is 13.3. The SMILES string of the molecule is CC(C)c1cc2c3c(c1)N(c1ccc4c(c1)OCCCO4)c1c(oc4ccc(C(C)(C)C)cc14)B3c1oc3ccc(C(C)(C)C)cc3c1N2c1ccc2c(c1)OCCCO2. The van der Waals surface area contributed by atoms with E-state index in [0.717, 1.165) is 109 Å². The van der Waals surface area contributed by atoms with Crippen molar-refractivity contribution < 1.29 is 27.8 Å². The first-order valence-electron chi connectivity index (χ1n) is 21.5. The van der Waals surface area contributed by atoms with Crippen LogP contribution in [0.2, 0.25) is 0 Å². The maximum Gasteiger partial charge on any atom is 0.342 e. The van der Waals surface area contributed by atoms with Crippen molar-refractivity contribution in [3.8, 4) is 23.0 Å². The zero-order valence-corrected chi connectivity index (χ0v) is 35.8. The molecule has 0 aliphatic carbocycles. The lowest BCUT2D eigenvalue weighted by atomic mass is 9.37. The van der Waals surface area contributed by atoms with Gasteiger partial charge in [0, 0.05) is 47.1 Å². The summed E-state index contributed by atoms with van der Waals surface area (Å²) in [6, 6.07) is 30.8. The van der Waals surface area contributed by atoms with E-state index in [9.17, 15) is 0 Å². The Labute approximate surface area is 352 Å². The maximum atomic E-state index is 7.22. The van der Waals surface area contributed by atoms with Crippen molar-refractivity contribution in [3.05, 3.63) is 102 Å². The molecule has 8 nitrogen and oxygen atoms in total. The Balaban J connectivity index is 1.26. The monoisotopic (exact) mass is 798 g/mol. The maximum absolute atomic E-state index is 7.22. The van der Waals surface area contributed by atoms with Gasteiger partial charge in [-0.15, -0.1) is 0 Å². The third-order valence-electron chi connectivity index (χ3n) is 12.7. The van der Waals surface area contributed by atoms with Gasteiger partial charge in [-0.25, -0.2) is 0 Å². The quantitative estimate of drug-likeness (QED) is 0.164. The number of rotatable bonds is 3. The molecule has 9 heteroatoms. The molecule has 0 fully saturated rings. The van der Waals surface area contributed by atoms with Crippen LogP contribution in [0, 0.1) is 0 Å². The van der Waals surface area contributed by atoms with Crippen LogP contribution in [-0.2, 0) is 10.8 Å². The molecule has 0 spiro atoms. The molecular formula is C51H51BN2O6. The summed E-state index contributed by atoms with van der Waals surface area (Å²) in [5.74, 6) is 3.24. The Morgan fingerprint density at radius 1 is 0.517 bits per heavy atom. The molecule has 0 saturated heterocycles. The van der Waals surface area contributed by atoms with Gasteiger partial charge in [0.25, 0.3) is 0 Å². The Morgan fingerprint density at radius 2 is 0.950 bits per heavy atom. The highest BCUT2D eigenvalue weighted by Crippen LogP contribution is 2.52. The minimum atomic E-state index is -0.342. The van der Waals surface area contributed by atoms with E-state index in [0.29, 0.717) is 26.4 Å². The molecule has 0 bridgehead atoms. The van der Waals surface area contributed by atoms with Crippen LogP contribution in [0.5, 0.6) is 23.0 Å². The predicted molar refractivity (Wildman–Crippen MR) is 243 cm³/mol. The Hall–Kier alpha value is -5.96. The van der Waals surface area contributed by atoms with Crippen LogP contribution in [0.25, 0.3) is 21.9 Å². The smallest absolute Gasteiger partial charge is 0.342 e. The van der Waals surface area contributed by atoms with E-state index >= 15 is 0 Å². The summed E-state index contributed by atoms with van der Waals surface area (Å²) in [6.45, 7) is 20.2. The summed E-state index contributed by atoms with van der Waals surface area (Å²) in [7, 11) is 0. The van der Waals surface area contributed by atoms with Gasteiger partial charge in [-0.1, -0.05) is 67.5 Å². The van der Waals surface area contributed by atoms with Gasteiger partial charge in [-0.05, 0) is 99.6 Å². The minimum absolute atomic E-state index is 0.0758. The molecule has 5 aromatic carbocycles. The van der Waals surface area contributed by atoms with Gasteiger partial charge >= 0.3 is 6.71 Å². The second-order valence-corrected chi connectivity index (χ2v) is 19.1. The van der Waals surface area contributed by atoms with E-state index in [1.54, 1.807) is 0 Å². The van der Waals surface area contributed by atoms with Crippen LogP contribution in [0.4, 0.5) is 34.1 Å². The van der Waals surface area contributed by atoms with Crippen molar-refractivity contribution in [2.45, 2.75) is 85.0 Å². The molecule has 0 unspecified atom stereocenters. The second-order valence-electron chi connectivity index (χ2n) is 19.1. The number of hydrogen-bond acceptors (Lipinski definition) is 8. The molecule has 6 heterocycles. The van der Waals surface area contributed by atoms with Gasteiger partial charge in [0.15, 0.2) is 23.0 Å². The first kappa shape index (κ1) is 37.1. The van der Waals surface area contributed by atoms with Crippen molar-refractivity contribution in [1.29, 1.82) is 0 Å². The van der Waals surface area contributed by atoms with E-state index < -0.39 is 0 Å². The zero-order chi connectivity index (χ0) is 41.2. The number of furan rings is 2. The summed E-state index contributed by atoms with van der Waals surface area (Å²) in [5, 5.41) is 2.12. The largest absolute Gasteiger partial charge is 0.490 e. The number of ether oxygens (including phenoxy) is 4. The highest BCUT2D eigenvalue weighted by molar-refractivity contribution is 6.99. The van der Waals surface area contributed by atoms with E-state index in [1.165, 1.54) is 16.7 Å². The van der Waals surface area contributed by atoms with E-state index in [4.69, 9.17) is 27.8 Å². The number of fused-ring (bicyclic) bond motifs is 10. The van der Waals surface area contributed by atoms with Crippen LogP contribution < -0.4 is 45.5 Å². The number of nitrogens with zero attached hydrogens (tertiary/aromatic N) is 2. The number of anilines is 6. The molecule has 0 atom stereocenters. The average Bonchev–Trinajstić information content (AvgIpc) is 3.55. The first-order chi connectivity index (χ1) is 28.8. The molecule has 0 radical (unpaired) electrons. The Bertz CT molecular complexity index is 2690. The average molecular weight is 799 g/mol. The van der Waals surface area contributed by atoms with Crippen LogP contribution >= 0.6 is 0 Å². The van der Waals surface area contributed by atoms with Crippen LogP contribution in [-0.4, -0.2) is 33.1 Å². The highest BCUT2D eigenvalue weighted by atomic mass is 16.5. The van der Waals surface area contributed by atoms with Gasteiger partial charge in [0.05, 0.1) is 49.2 Å². The van der Waals surface area contributed by atoms with Crippen molar-refractivity contribution >= 4 is 79.6 Å². The third kappa shape index (κ3) is 5.71. The van der Waals surface area contributed by atoms with Crippen LogP contribution in [0.1, 0.15) is 90.8 Å². The van der Waals surface area contributed by atoms with Crippen molar-refractivity contribution in [3.63, 3.8) is 0 Å². The number of benzene rings is 5. The van der Waals surface area contributed by atoms with E-state index in [1.807, 2.05) is 0 Å². The van der Waals surface area contributed by atoms with Crippen molar-refractivity contribution in [2.24, 2.45) is 0 Å². The summed E-state index contributed by atoms with van der Waals surface area (Å²) in [5.41, 5.74) is 14.2. The Morgan fingerprint density at radius 3 is 1.37 bits per heavy atom. The van der Waals surface area contributed by atoms with Crippen LogP contribution in [0.3, 0.4) is 0 Å². The fourth-order valence-electron chi connectivity index (χ4n) is 9.38. The molecular weight excluding hydrogens is 747 g/mol. The molecule has 0 N–H and O–H groups in total. The van der Waals surface area contributed by atoms with E-state index in [-0.39, 0.29) is 23.5 Å². The normalized spacial score (nSPS) is 15.8. The highest BCUT2D eigenvalue weighted by Gasteiger charge is 2.50. The third-order valence-corrected chi connectivity index (χ3v) is 12.7. The van der Waals surface area contributed by atoms with Crippen molar-refractivity contribution in [2.75, 3.05) is 36.2 Å². The topological polar surface area (TPSA) is 69.7 Å². The summed E-state index contributed by atoms with van der Waals surface area (Å²) < 4.78 is 39.5. The summed E-state index contributed by atoms with van der Waals surface area (Å²) >= 11 is 0. The number of hydrogen-bond donors (Lipinski definition) is 0. The van der Waals surface area contributed by atoms with Crippen LogP contribution in [0.15, 0.2) is 93.8 Å². The molecule has 11 rings (SSSR count). The van der Waals surface area contributed by atoms with Crippen molar-refractivity contribution in [1.82, 2.24) is 0 Å². The lowest BCUT2D eigenvalue weighted by Crippen LogP contribution is -2.60. The summed E-state index contributed by atoms with van der Waals surface area (Å²) in [6.07, 6.45) is 1.66. The molecule has 0 saturated carbocycles. The zero-order valence-electron chi connectivity index (χ0n) is 35.8. The van der Waals surface area contributed by atoms with Gasteiger partial charge in [-0.3, -0.25) is 0 Å². The molecule has 2 aromatic heterocycles.